The second kappa shape index (κ2) is 5.14. The first-order valence-corrected chi connectivity index (χ1v) is 6.69. The van der Waals surface area contributed by atoms with E-state index in [1.54, 1.807) is 0 Å². The Morgan fingerprint density at radius 3 is 2.59 bits per heavy atom. The highest BCUT2D eigenvalue weighted by atomic mass is 79.9. The van der Waals surface area contributed by atoms with E-state index >= 15 is 0 Å². The topological polar surface area (TPSA) is 33.6 Å². The average Bonchev–Trinajstić information content (AvgIpc) is 2.61. The summed E-state index contributed by atoms with van der Waals surface area (Å²) in [6.07, 6.45) is 0. The van der Waals surface area contributed by atoms with Crippen LogP contribution in [0.5, 0.6) is 0 Å². The molecule has 0 saturated heterocycles. The molecule has 0 aliphatic rings. The van der Waals surface area contributed by atoms with E-state index in [4.69, 9.17) is 12.2 Å². The largest absolute Gasteiger partial charge is 0.300 e. The van der Waals surface area contributed by atoms with E-state index < -0.39 is 0 Å². The number of nitrogens with one attached hydrogen (secondary N) is 1. The number of aromatic nitrogens is 3. The summed E-state index contributed by atoms with van der Waals surface area (Å²) in [5.74, 6) is 1.43. The van der Waals surface area contributed by atoms with Gasteiger partial charge in [-0.1, -0.05) is 41.9 Å². The summed E-state index contributed by atoms with van der Waals surface area (Å²) in [4.78, 5) is 0. The lowest BCUT2D eigenvalue weighted by Gasteiger charge is -2.09. The van der Waals surface area contributed by atoms with Gasteiger partial charge in [-0.25, -0.2) is 0 Å². The Kier molecular flexibility index (Phi) is 3.79. The van der Waals surface area contributed by atoms with Gasteiger partial charge in [0.25, 0.3) is 0 Å². The number of halogens is 1. The summed E-state index contributed by atoms with van der Waals surface area (Å²) in [7, 11) is 0. The molecule has 17 heavy (non-hydrogen) atoms. The molecule has 90 valence electrons. The van der Waals surface area contributed by atoms with Crippen LogP contribution in [0.15, 0.2) is 28.7 Å². The first kappa shape index (κ1) is 12.5. The van der Waals surface area contributed by atoms with E-state index in [-0.39, 0.29) is 0 Å². The molecule has 2 rings (SSSR count). The molecule has 2 aromatic rings. The van der Waals surface area contributed by atoms with E-state index in [1.165, 1.54) is 0 Å². The lowest BCUT2D eigenvalue weighted by atomic mass is 10.2. The Morgan fingerprint density at radius 2 is 2.00 bits per heavy atom. The number of aromatic amines is 1. The van der Waals surface area contributed by atoms with Crippen LogP contribution >= 0.6 is 28.1 Å². The lowest BCUT2D eigenvalue weighted by Crippen LogP contribution is -2.06. The van der Waals surface area contributed by atoms with Crippen molar-refractivity contribution in [1.82, 2.24) is 14.8 Å². The van der Waals surface area contributed by atoms with Gasteiger partial charge in [0.05, 0.1) is 0 Å². The van der Waals surface area contributed by atoms with E-state index in [2.05, 4.69) is 40.0 Å². The van der Waals surface area contributed by atoms with Crippen molar-refractivity contribution in [3.05, 3.63) is 33.5 Å². The van der Waals surface area contributed by atoms with Crippen LogP contribution in [0.2, 0.25) is 0 Å². The summed E-state index contributed by atoms with van der Waals surface area (Å²) in [6.45, 7) is 5.21. The smallest absolute Gasteiger partial charge is 0.195 e. The van der Waals surface area contributed by atoms with Gasteiger partial charge in [0.1, 0.15) is 0 Å². The molecule has 0 fully saturated rings. The van der Waals surface area contributed by atoms with Crippen LogP contribution in [0, 0.1) is 10.7 Å². The Bertz CT molecular complexity index is 554. The predicted molar refractivity (Wildman–Crippen MR) is 75.4 cm³/mol. The van der Waals surface area contributed by atoms with E-state index in [0.29, 0.717) is 10.7 Å². The predicted octanol–water partition coefficient (Wildman–Crippen LogP) is 4.03. The van der Waals surface area contributed by atoms with Gasteiger partial charge in [0.2, 0.25) is 0 Å². The van der Waals surface area contributed by atoms with E-state index in [0.717, 1.165) is 22.4 Å². The standard InChI is InChI=1S/C12H14BrN3S/c1-8(2)7-16-11(14-15-12(16)17)9-3-5-10(13)6-4-9/h3-6,8H,7H2,1-2H3,(H,15,17). The highest BCUT2D eigenvalue weighted by Gasteiger charge is 2.09. The van der Waals surface area contributed by atoms with Crippen molar-refractivity contribution in [3.63, 3.8) is 0 Å². The maximum atomic E-state index is 5.25. The lowest BCUT2D eigenvalue weighted by molar-refractivity contribution is 0.521. The Balaban J connectivity index is 2.45. The number of hydrogen-bond donors (Lipinski definition) is 1. The molecule has 0 amide bonds. The molecule has 5 heteroatoms. The number of nitrogens with zero attached hydrogens (tertiary/aromatic N) is 2. The van der Waals surface area contributed by atoms with E-state index in [1.807, 2.05) is 28.8 Å². The quantitative estimate of drug-likeness (QED) is 0.868. The number of H-pyrrole nitrogens is 1. The van der Waals surface area contributed by atoms with Crippen molar-refractivity contribution in [1.29, 1.82) is 0 Å². The molecular formula is C12H14BrN3S. The summed E-state index contributed by atoms with van der Waals surface area (Å²) < 4.78 is 3.78. The molecule has 0 unspecified atom stereocenters. The van der Waals surface area contributed by atoms with Gasteiger partial charge in [-0.05, 0) is 30.3 Å². The van der Waals surface area contributed by atoms with Crippen molar-refractivity contribution < 1.29 is 0 Å². The van der Waals surface area contributed by atoms with Gasteiger partial charge in [-0.2, -0.15) is 5.10 Å². The molecule has 1 N–H and O–H groups in total. The summed E-state index contributed by atoms with van der Waals surface area (Å²) in [5.41, 5.74) is 1.07. The summed E-state index contributed by atoms with van der Waals surface area (Å²) in [6, 6.07) is 8.08. The highest BCUT2D eigenvalue weighted by Crippen LogP contribution is 2.20. The normalized spacial score (nSPS) is 11.1. The minimum atomic E-state index is 0.536. The molecule has 1 aromatic carbocycles. The van der Waals surface area contributed by atoms with Crippen molar-refractivity contribution in [2.45, 2.75) is 20.4 Å². The number of hydrogen-bond acceptors (Lipinski definition) is 2. The summed E-state index contributed by atoms with van der Waals surface area (Å²) in [5, 5.41) is 7.16. The average molecular weight is 312 g/mol. The molecule has 0 atom stereocenters. The third kappa shape index (κ3) is 2.84. The van der Waals surface area contributed by atoms with Crippen LogP contribution in [0.1, 0.15) is 13.8 Å². The molecule has 0 saturated carbocycles. The minimum Gasteiger partial charge on any atom is -0.300 e. The third-order valence-corrected chi connectivity index (χ3v) is 3.25. The Morgan fingerprint density at radius 1 is 1.35 bits per heavy atom. The minimum absolute atomic E-state index is 0.536. The fourth-order valence-corrected chi connectivity index (χ4v) is 2.14. The molecule has 0 bridgehead atoms. The van der Waals surface area contributed by atoms with Gasteiger partial charge >= 0.3 is 0 Å². The summed E-state index contributed by atoms with van der Waals surface area (Å²) >= 11 is 8.68. The highest BCUT2D eigenvalue weighted by molar-refractivity contribution is 9.10. The molecule has 1 heterocycles. The van der Waals surface area contributed by atoms with Gasteiger partial charge < -0.3 is 0 Å². The van der Waals surface area contributed by atoms with E-state index in [9.17, 15) is 0 Å². The zero-order valence-electron chi connectivity index (χ0n) is 9.77. The van der Waals surface area contributed by atoms with Crippen LogP contribution < -0.4 is 0 Å². The van der Waals surface area contributed by atoms with Gasteiger partial charge in [0.15, 0.2) is 10.6 Å². The van der Waals surface area contributed by atoms with Crippen LogP contribution in [-0.2, 0) is 6.54 Å². The molecule has 0 aliphatic carbocycles. The Labute approximate surface area is 114 Å². The monoisotopic (exact) mass is 311 g/mol. The maximum Gasteiger partial charge on any atom is 0.195 e. The molecular weight excluding hydrogens is 298 g/mol. The Hall–Kier alpha value is -0.940. The van der Waals surface area contributed by atoms with Crippen LogP contribution in [-0.4, -0.2) is 14.8 Å². The molecule has 0 spiro atoms. The molecule has 3 nitrogen and oxygen atoms in total. The van der Waals surface area contributed by atoms with Crippen LogP contribution in [0.3, 0.4) is 0 Å². The van der Waals surface area contributed by atoms with Crippen molar-refractivity contribution in [2.75, 3.05) is 0 Å². The second-order valence-corrected chi connectivity index (χ2v) is 5.67. The zero-order valence-corrected chi connectivity index (χ0v) is 12.2. The maximum absolute atomic E-state index is 5.25. The molecule has 0 aliphatic heterocycles. The number of benzene rings is 1. The van der Waals surface area contributed by atoms with Crippen molar-refractivity contribution in [2.24, 2.45) is 5.92 Å². The van der Waals surface area contributed by atoms with Crippen molar-refractivity contribution >= 4 is 28.1 Å². The fraction of sp³-hybridized carbons (Fsp3) is 0.333. The van der Waals surface area contributed by atoms with Crippen molar-refractivity contribution in [3.8, 4) is 11.4 Å². The first-order valence-electron chi connectivity index (χ1n) is 5.49. The van der Waals surface area contributed by atoms with Gasteiger partial charge in [0, 0.05) is 16.6 Å². The SMILES string of the molecule is CC(C)Cn1c(-c2ccc(Br)cc2)n[nH]c1=S. The molecule has 1 aromatic heterocycles. The third-order valence-electron chi connectivity index (χ3n) is 2.41. The first-order chi connectivity index (χ1) is 8.08. The van der Waals surface area contributed by atoms with Crippen LogP contribution in [0.25, 0.3) is 11.4 Å². The number of rotatable bonds is 3. The fourth-order valence-electron chi connectivity index (χ4n) is 1.67. The zero-order chi connectivity index (χ0) is 12.4. The van der Waals surface area contributed by atoms with Gasteiger partial charge in [-0.15, -0.1) is 0 Å². The van der Waals surface area contributed by atoms with Crippen LogP contribution in [0.4, 0.5) is 0 Å². The molecule has 0 radical (unpaired) electrons. The van der Waals surface area contributed by atoms with Gasteiger partial charge in [-0.3, -0.25) is 9.67 Å². The second-order valence-electron chi connectivity index (χ2n) is 4.36.